The average molecular weight is 423 g/mol. The number of anilines is 1. The van der Waals surface area contributed by atoms with Crippen LogP contribution < -0.4 is 5.32 Å². The highest BCUT2D eigenvalue weighted by Crippen LogP contribution is 2.29. The van der Waals surface area contributed by atoms with E-state index >= 15 is 0 Å². The molecule has 31 heavy (non-hydrogen) atoms. The second-order valence-electron chi connectivity index (χ2n) is 8.77. The second-order valence-corrected chi connectivity index (χ2v) is 8.77. The van der Waals surface area contributed by atoms with E-state index in [-0.39, 0.29) is 11.8 Å². The highest BCUT2D eigenvalue weighted by atomic mass is 19.1. The van der Waals surface area contributed by atoms with E-state index in [0.717, 1.165) is 53.4 Å². The molecule has 2 fully saturated rings. The Hall–Kier alpha value is -2.87. The van der Waals surface area contributed by atoms with Gasteiger partial charge in [0.25, 0.3) is 0 Å². The lowest BCUT2D eigenvalue weighted by atomic mass is 9.89. The monoisotopic (exact) mass is 422 g/mol. The predicted octanol–water partition coefficient (Wildman–Crippen LogP) is 3.70. The van der Waals surface area contributed by atoms with E-state index < -0.39 is 6.17 Å². The van der Waals surface area contributed by atoms with Crippen molar-refractivity contribution in [3.8, 4) is 11.3 Å². The fourth-order valence-electron chi connectivity index (χ4n) is 4.56. The number of hydrogen-bond donors (Lipinski definition) is 1. The summed E-state index contributed by atoms with van der Waals surface area (Å²) in [4.78, 5) is 24.1. The van der Waals surface area contributed by atoms with Crippen LogP contribution in [0.4, 0.5) is 10.2 Å². The van der Waals surface area contributed by atoms with E-state index in [1.54, 1.807) is 17.1 Å². The third kappa shape index (κ3) is 4.30. The van der Waals surface area contributed by atoms with Crippen LogP contribution in [0.25, 0.3) is 22.2 Å². The normalized spacial score (nSPS) is 18.3. The van der Waals surface area contributed by atoms with Gasteiger partial charge in [-0.2, -0.15) is 5.10 Å². The number of halogens is 1. The Bertz CT molecular complexity index is 1100. The maximum absolute atomic E-state index is 13.3. The van der Waals surface area contributed by atoms with E-state index in [4.69, 9.17) is 4.98 Å². The molecule has 1 aliphatic carbocycles. The molecule has 8 heteroatoms. The SMILES string of the molecule is Cn1cc(-c2cc(CN3CC(F)C3)c3cnc(NC(=O)C4CCCCC4)cc3n2)cn1. The van der Waals surface area contributed by atoms with Gasteiger partial charge in [0.05, 0.1) is 17.4 Å². The molecule has 0 spiro atoms. The standard InChI is InChI=1S/C23H27FN6O/c1-29-11-17(9-26-29)20-7-16(12-30-13-18(24)14-30)19-10-25-22(8-21(19)27-20)28-23(31)15-5-3-2-4-6-15/h7-11,15,18H,2-6,12-14H2,1H3,(H,25,28,31). The molecular formula is C23H27FN6O. The van der Waals surface area contributed by atoms with Crippen molar-refractivity contribution >= 4 is 22.6 Å². The van der Waals surface area contributed by atoms with E-state index in [1.807, 2.05) is 25.4 Å². The summed E-state index contributed by atoms with van der Waals surface area (Å²) in [6.07, 6.45) is 10.0. The first-order chi connectivity index (χ1) is 15.0. The molecule has 1 saturated carbocycles. The Morgan fingerprint density at radius 2 is 2.00 bits per heavy atom. The highest BCUT2D eigenvalue weighted by Gasteiger charge is 2.27. The number of nitrogens with one attached hydrogen (secondary N) is 1. The van der Waals surface area contributed by atoms with E-state index in [2.05, 4.69) is 20.3 Å². The number of aromatic nitrogens is 4. The number of fused-ring (bicyclic) bond motifs is 1. The molecule has 3 aromatic heterocycles. The van der Waals surface area contributed by atoms with E-state index in [9.17, 15) is 9.18 Å². The average Bonchev–Trinajstić information content (AvgIpc) is 3.19. The number of pyridine rings is 2. The Labute approximate surface area is 180 Å². The van der Waals surface area contributed by atoms with Gasteiger partial charge in [-0.05, 0) is 24.5 Å². The van der Waals surface area contributed by atoms with Gasteiger partial charge in [-0.25, -0.2) is 14.4 Å². The molecule has 0 bridgehead atoms. The molecule has 4 heterocycles. The highest BCUT2D eigenvalue weighted by molar-refractivity contribution is 5.94. The number of nitrogens with zero attached hydrogens (tertiary/aromatic N) is 5. The third-order valence-electron chi connectivity index (χ3n) is 6.31. The number of carbonyl (C=O) groups excluding carboxylic acids is 1. The van der Waals surface area contributed by atoms with Crippen LogP contribution >= 0.6 is 0 Å². The minimum Gasteiger partial charge on any atom is -0.310 e. The Kier molecular flexibility index (Phi) is 5.40. The fourth-order valence-corrected chi connectivity index (χ4v) is 4.56. The van der Waals surface area contributed by atoms with Crippen molar-refractivity contribution in [3.05, 3.63) is 36.3 Å². The number of alkyl halides is 1. The van der Waals surface area contributed by atoms with Crippen molar-refractivity contribution in [2.24, 2.45) is 13.0 Å². The van der Waals surface area contributed by atoms with Crippen LogP contribution in [0, 0.1) is 5.92 Å². The summed E-state index contributed by atoms with van der Waals surface area (Å²) in [5.41, 5.74) is 3.54. The van der Waals surface area contributed by atoms with Gasteiger partial charge in [0.2, 0.25) is 5.91 Å². The van der Waals surface area contributed by atoms with Crippen LogP contribution in [-0.4, -0.2) is 49.8 Å². The maximum atomic E-state index is 13.3. The summed E-state index contributed by atoms with van der Waals surface area (Å²) in [6.45, 7) is 1.55. The molecule has 162 valence electrons. The first-order valence-electron chi connectivity index (χ1n) is 11.0. The quantitative estimate of drug-likeness (QED) is 0.679. The number of rotatable bonds is 5. The van der Waals surface area contributed by atoms with Crippen LogP contribution in [0.3, 0.4) is 0 Å². The van der Waals surface area contributed by atoms with Crippen molar-refractivity contribution in [2.45, 2.75) is 44.8 Å². The van der Waals surface area contributed by atoms with Gasteiger partial charge in [0, 0.05) is 62.0 Å². The van der Waals surface area contributed by atoms with Crippen LogP contribution in [0.15, 0.2) is 30.7 Å². The first kappa shape index (κ1) is 20.1. The molecule has 1 saturated heterocycles. The van der Waals surface area contributed by atoms with Gasteiger partial charge < -0.3 is 5.32 Å². The molecule has 2 aliphatic rings. The van der Waals surface area contributed by atoms with Crippen molar-refractivity contribution in [3.63, 3.8) is 0 Å². The minimum atomic E-state index is -0.745. The zero-order chi connectivity index (χ0) is 21.4. The number of amides is 1. The summed E-state index contributed by atoms with van der Waals surface area (Å²) >= 11 is 0. The smallest absolute Gasteiger partial charge is 0.228 e. The lowest BCUT2D eigenvalue weighted by Crippen LogP contribution is -2.47. The van der Waals surface area contributed by atoms with Crippen molar-refractivity contribution < 1.29 is 9.18 Å². The number of likely N-dealkylation sites (tertiary alicyclic amines) is 1. The predicted molar refractivity (Wildman–Crippen MR) is 117 cm³/mol. The van der Waals surface area contributed by atoms with E-state index in [1.165, 1.54) is 6.42 Å². The zero-order valence-corrected chi connectivity index (χ0v) is 17.7. The molecule has 0 aromatic carbocycles. The summed E-state index contributed by atoms with van der Waals surface area (Å²) in [7, 11) is 1.87. The maximum Gasteiger partial charge on any atom is 0.228 e. The van der Waals surface area contributed by atoms with Gasteiger partial charge >= 0.3 is 0 Å². The number of carbonyl (C=O) groups is 1. The van der Waals surface area contributed by atoms with Crippen LogP contribution in [0.2, 0.25) is 0 Å². The van der Waals surface area contributed by atoms with Crippen LogP contribution in [-0.2, 0) is 18.4 Å². The summed E-state index contributed by atoms with van der Waals surface area (Å²) in [5.74, 6) is 0.638. The van der Waals surface area contributed by atoms with Gasteiger partial charge in [0.15, 0.2) is 0 Å². The second kappa shape index (κ2) is 8.34. The molecule has 1 aliphatic heterocycles. The number of aryl methyl sites for hydroxylation is 1. The third-order valence-corrected chi connectivity index (χ3v) is 6.31. The van der Waals surface area contributed by atoms with Crippen LogP contribution in [0.5, 0.6) is 0 Å². The van der Waals surface area contributed by atoms with Gasteiger partial charge in [-0.1, -0.05) is 19.3 Å². The molecule has 5 rings (SSSR count). The Morgan fingerprint density at radius 3 is 2.71 bits per heavy atom. The lowest BCUT2D eigenvalue weighted by molar-refractivity contribution is -0.120. The minimum absolute atomic E-state index is 0.0461. The molecule has 0 unspecified atom stereocenters. The molecular weight excluding hydrogens is 395 g/mol. The molecule has 1 amide bonds. The number of hydrogen-bond acceptors (Lipinski definition) is 5. The van der Waals surface area contributed by atoms with Gasteiger partial charge in [0.1, 0.15) is 12.0 Å². The molecule has 1 N–H and O–H groups in total. The van der Waals surface area contributed by atoms with Crippen LogP contribution in [0.1, 0.15) is 37.7 Å². The molecule has 0 atom stereocenters. The molecule has 0 radical (unpaired) electrons. The topological polar surface area (TPSA) is 75.9 Å². The molecule has 3 aromatic rings. The Morgan fingerprint density at radius 1 is 1.19 bits per heavy atom. The van der Waals surface area contributed by atoms with Gasteiger partial charge in [-0.3, -0.25) is 14.4 Å². The van der Waals surface area contributed by atoms with E-state index in [0.29, 0.717) is 25.5 Å². The molecule has 7 nitrogen and oxygen atoms in total. The first-order valence-corrected chi connectivity index (χ1v) is 11.0. The van der Waals surface area contributed by atoms with Crippen molar-refractivity contribution in [1.29, 1.82) is 0 Å². The largest absolute Gasteiger partial charge is 0.310 e. The lowest BCUT2D eigenvalue weighted by Gasteiger charge is -2.34. The summed E-state index contributed by atoms with van der Waals surface area (Å²) in [5, 5.41) is 8.17. The summed E-state index contributed by atoms with van der Waals surface area (Å²) < 4.78 is 15.1. The van der Waals surface area contributed by atoms with Crippen molar-refractivity contribution in [1.82, 2.24) is 24.6 Å². The summed E-state index contributed by atoms with van der Waals surface area (Å²) in [6, 6.07) is 3.88. The Balaban J connectivity index is 1.47. The fraction of sp³-hybridized carbons (Fsp3) is 0.478. The zero-order valence-electron chi connectivity index (χ0n) is 17.7. The van der Waals surface area contributed by atoms with Gasteiger partial charge in [-0.15, -0.1) is 0 Å². The van der Waals surface area contributed by atoms with Crippen molar-refractivity contribution in [2.75, 3.05) is 18.4 Å².